The van der Waals surface area contributed by atoms with Gasteiger partial charge in [0, 0.05) is 7.05 Å². The number of nitrogens with zero attached hydrogens (tertiary/aromatic N) is 1. The monoisotopic (exact) mass is 327 g/mol. The van der Waals surface area contributed by atoms with Crippen LogP contribution in [0.25, 0.3) is 0 Å². The maximum atomic E-state index is 14.0. The SMILES string of the molecule is CN(C(=O)Cc1ccccc1)c1c(OC(F)F)ccc(F)c1F. The van der Waals surface area contributed by atoms with Crippen molar-refractivity contribution in [2.24, 2.45) is 0 Å². The number of likely N-dealkylation sites (N-methyl/N-ethyl adjacent to an activating group) is 1. The van der Waals surface area contributed by atoms with Crippen molar-refractivity contribution in [2.45, 2.75) is 13.0 Å². The number of halogens is 4. The highest BCUT2D eigenvalue weighted by Crippen LogP contribution is 2.33. The van der Waals surface area contributed by atoms with Crippen molar-refractivity contribution in [1.82, 2.24) is 0 Å². The average molecular weight is 327 g/mol. The average Bonchev–Trinajstić information content (AvgIpc) is 2.51. The number of carbonyl (C=O) groups excluding carboxylic acids is 1. The highest BCUT2D eigenvalue weighted by molar-refractivity contribution is 5.95. The van der Waals surface area contributed by atoms with Crippen LogP contribution < -0.4 is 9.64 Å². The molecule has 7 heteroatoms. The lowest BCUT2D eigenvalue weighted by atomic mass is 10.1. The fourth-order valence-corrected chi connectivity index (χ4v) is 2.04. The minimum Gasteiger partial charge on any atom is -0.432 e. The molecule has 0 N–H and O–H groups in total. The van der Waals surface area contributed by atoms with Gasteiger partial charge in [0.05, 0.1) is 6.42 Å². The largest absolute Gasteiger partial charge is 0.432 e. The van der Waals surface area contributed by atoms with Crippen LogP contribution in [0, 0.1) is 11.6 Å². The molecule has 2 aromatic rings. The molecule has 2 aromatic carbocycles. The van der Waals surface area contributed by atoms with Crippen molar-refractivity contribution >= 4 is 11.6 Å². The van der Waals surface area contributed by atoms with Crippen molar-refractivity contribution < 1.29 is 27.1 Å². The first-order chi connectivity index (χ1) is 10.9. The molecule has 122 valence electrons. The summed E-state index contributed by atoms with van der Waals surface area (Å²) in [5.41, 5.74) is -0.0104. The molecule has 0 fully saturated rings. The van der Waals surface area contributed by atoms with E-state index in [1.165, 1.54) is 7.05 Å². The second-order valence-corrected chi connectivity index (χ2v) is 4.70. The van der Waals surface area contributed by atoms with Crippen LogP contribution in [0.5, 0.6) is 5.75 Å². The van der Waals surface area contributed by atoms with Crippen LogP contribution in [0.1, 0.15) is 5.56 Å². The van der Waals surface area contributed by atoms with Crippen LogP contribution in [0.3, 0.4) is 0 Å². The summed E-state index contributed by atoms with van der Waals surface area (Å²) in [6.45, 7) is -3.23. The minimum atomic E-state index is -3.23. The molecule has 0 saturated heterocycles. The van der Waals surface area contributed by atoms with E-state index in [9.17, 15) is 22.4 Å². The smallest absolute Gasteiger partial charge is 0.387 e. The minimum absolute atomic E-state index is 0.0958. The lowest BCUT2D eigenvalue weighted by Gasteiger charge is -2.21. The first kappa shape index (κ1) is 16.8. The second-order valence-electron chi connectivity index (χ2n) is 4.70. The van der Waals surface area contributed by atoms with Gasteiger partial charge in [0.2, 0.25) is 5.91 Å². The third-order valence-electron chi connectivity index (χ3n) is 3.16. The van der Waals surface area contributed by atoms with E-state index in [-0.39, 0.29) is 6.42 Å². The van der Waals surface area contributed by atoms with Crippen LogP contribution in [0.2, 0.25) is 0 Å². The number of alkyl halides is 2. The Balaban J connectivity index is 2.31. The quantitative estimate of drug-likeness (QED) is 0.783. The maximum absolute atomic E-state index is 14.0. The number of benzene rings is 2. The number of rotatable bonds is 5. The van der Waals surface area contributed by atoms with Gasteiger partial charge in [-0.3, -0.25) is 4.79 Å². The fraction of sp³-hybridized carbons (Fsp3) is 0.188. The van der Waals surface area contributed by atoms with Crippen LogP contribution >= 0.6 is 0 Å². The topological polar surface area (TPSA) is 29.5 Å². The highest BCUT2D eigenvalue weighted by Gasteiger charge is 2.24. The first-order valence-electron chi connectivity index (χ1n) is 6.63. The van der Waals surface area contributed by atoms with Crippen LogP contribution in [-0.2, 0) is 11.2 Å². The molecule has 0 unspecified atom stereocenters. The standard InChI is InChI=1S/C16H13F4NO2/c1-21(13(22)9-10-5-3-2-4-6-10)15-12(23-16(19)20)8-7-11(17)14(15)18/h2-8,16H,9H2,1H3. The van der Waals surface area contributed by atoms with E-state index in [1.54, 1.807) is 30.3 Å². The van der Waals surface area contributed by atoms with Gasteiger partial charge < -0.3 is 9.64 Å². The number of carbonyl (C=O) groups is 1. The van der Waals surface area contributed by atoms with Gasteiger partial charge >= 0.3 is 6.61 Å². The van der Waals surface area contributed by atoms with E-state index < -0.39 is 35.6 Å². The van der Waals surface area contributed by atoms with Gasteiger partial charge in [-0.05, 0) is 17.7 Å². The van der Waals surface area contributed by atoms with Crippen molar-refractivity contribution in [3.8, 4) is 5.75 Å². The summed E-state index contributed by atoms with van der Waals surface area (Å²) >= 11 is 0. The van der Waals surface area contributed by atoms with Crippen molar-refractivity contribution in [3.63, 3.8) is 0 Å². The Labute approximate surface area is 130 Å². The van der Waals surface area contributed by atoms with Gasteiger partial charge in [-0.25, -0.2) is 8.78 Å². The molecule has 1 amide bonds. The van der Waals surface area contributed by atoms with E-state index in [1.807, 2.05) is 0 Å². The van der Waals surface area contributed by atoms with E-state index in [4.69, 9.17) is 0 Å². The number of ether oxygens (including phenoxy) is 1. The van der Waals surface area contributed by atoms with E-state index >= 15 is 0 Å². The van der Waals surface area contributed by atoms with Gasteiger partial charge in [-0.2, -0.15) is 8.78 Å². The molecular formula is C16H13F4NO2. The van der Waals surface area contributed by atoms with Crippen LogP contribution in [0.15, 0.2) is 42.5 Å². The molecule has 0 heterocycles. The zero-order chi connectivity index (χ0) is 17.0. The number of anilines is 1. The number of hydrogen-bond acceptors (Lipinski definition) is 2. The summed E-state index contributed by atoms with van der Waals surface area (Å²) in [5, 5.41) is 0. The van der Waals surface area contributed by atoms with Gasteiger partial charge in [0.25, 0.3) is 0 Å². The van der Waals surface area contributed by atoms with E-state index in [0.717, 1.165) is 11.0 Å². The molecule has 0 aliphatic rings. The summed E-state index contributed by atoms with van der Waals surface area (Å²) in [6.07, 6.45) is -0.0958. The van der Waals surface area contributed by atoms with Gasteiger partial charge in [-0.15, -0.1) is 0 Å². The van der Waals surface area contributed by atoms with E-state index in [0.29, 0.717) is 11.6 Å². The molecule has 0 saturated carbocycles. The Kier molecular flexibility index (Phi) is 5.20. The molecule has 0 aliphatic heterocycles. The molecule has 0 radical (unpaired) electrons. The zero-order valence-corrected chi connectivity index (χ0v) is 12.1. The van der Waals surface area contributed by atoms with E-state index in [2.05, 4.69) is 4.74 Å². The first-order valence-corrected chi connectivity index (χ1v) is 6.63. The normalized spacial score (nSPS) is 10.7. The fourth-order valence-electron chi connectivity index (χ4n) is 2.04. The van der Waals surface area contributed by atoms with Crippen LogP contribution in [-0.4, -0.2) is 19.6 Å². The second kappa shape index (κ2) is 7.13. The third-order valence-corrected chi connectivity index (χ3v) is 3.16. The summed E-state index contributed by atoms with van der Waals surface area (Å²) in [6, 6.07) is 10.1. The molecule has 0 aliphatic carbocycles. The molecule has 3 nitrogen and oxygen atoms in total. The Morgan fingerprint density at radius 2 is 1.78 bits per heavy atom. The van der Waals surface area contributed by atoms with Gasteiger partial charge in [-0.1, -0.05) is 30.3 Å². The summed E-state index contributed by atoms with van der Waals surface area (Å²) in [4.78, 5) is 13.0. The molecule has 0 spiro atoms. The molecule has 0 atom stereocenters. The molecule has 0 bridgehead atoms. The predicted molar refractivity (Wildman–Crippen MR) is 76.5 cm³/mol. The third kappa shape index (κ3) is 4.00. The van der Waals surface area contributed by atoms with Crippen molar-refractivity contribution in [2.75, 3.05) is 11.9 Å². The summed E-state index contributed by atoms with van der Waals surface area (Å²) < 4.78 is 56.3. The number of hydrogen-bond donors (Lipinski definition) is 0. The summed E-state index contributed by atoms with van der Waals surface area (Å²) in [7, 11) is 1.17. The van der Waals surface area contributed by atoms with Crippen molar-refractivity contribution in [3.05, 3.63) is 59.7 Å². The van der Waals surface area contributed by atoms with Crippen LogP contribution in [0.4, 0.5) is 23.2 Å². The zero-order valence-electron chi connectivity index (χ0n) is 12.1. The molecule has 0 aromatic heterocycles. The Bertz CT molecular complexity index is 692. The molecule has 23 heavy (non-hydrogen) atoms. The maximum Gasteiger partial charge on any atom is 0.387 e. The Morgan fingerprint density at radius 3 is 2.39 bits per heavy atom. The Morgan fingerprint density at radius 1 is 1.13 bits per heavy atom. The number of amides is 1. The van der Waals surface area contributed by atoms with Crippen molar-refractivity contribution in [1.29, 1.82) is 0 Å². The summed E-state index contributed by atoms with van der Waals surface area (Å²) in [5.74, 6) is -3.89. The Hall–Kier alpha value is -2.57. The predicted octanol–water partition coefficient (Wildman–Crippen LogP) is 3.77. The highest BCUT2D eigenvalue weighted by atomic mass is 19.3. The lowest BCUT2D eigenvalue weighted by Crippen LogP contribution is -2.29. The molecule has 2 rings (SSSR count). The van der Waals surface area contributed by atoms with Gasteiger partial charge in [0.1, 0.15) is 5.69 Å². The lowest BCUT2D eigenvalue weighted by molar-refractivity contribution is -0.117. The molecular weight excluding hydrogens is 314 g/mol. The van der Waals surface area contributed by atoms with Gasteiger partial charge in [0.15, 0.2) is 17.4 Å².